The molecule has 0 aliphatic carbocycles. The molecule has 0 bridgehead atoms. The second-order valence-corrected chi connectivity index (χ2v) is 5.65. The van der Waals surface area contributed by atoms with Crippen LogP contribution >= 0.6 is 0 Å². The highest BCUT2D eigenvalue weighted by Gasteiger charge is 2.23. The summed E-state index contributed by atoms with van der Waals surface area (Å²) in [6, 6.07) is 12.5. The van der Waals surface area contributed by atoms with Gasteiger partial charge in [-0.25, -0.2) is 9.18 Å². The Morgan fingerprint density at radius 1 is 0.960 bits per heavy atom. The van der Waals surface area contributed by atoms with Crippen molar-refractivity contribution >= 4 is 17.6 Å². The van der Waals surface area contributed by atoms with Crippen LogP contribution in [0.1, 0.15) is 19.4 Å². The molecule has 2 aromatic carbocycles. The van der Waals surface area contributed by atoms with Gasteiger partial charge >= 0.3 is 5.97 Å². The average Bonchev–Trinajstić information content (AvgIpc) is 2.58. The first-order valence-corrected chi connectivity index (χ1v) is 7.85. The number of hydrogen-bond donors (Lipinski definition) is 1. The van der Waals surface area contributed by atoms with Gasteiger partial charge in [-0.05, 0) is 57.2 Å². The summed E-state index contributed by atoms with van der Waals surface area (Å²) in [6.45, 7) is 4.92. The number of ether oxygens (including phenoxy) is 2. The second kappa shape index (κ2) is 8.28. The van der Waals surface area contributed by atoms with Gasteiger partial charge in [0.1, 0.15) is 11.6 Å². The normalized spacial score (nSPS) is 12.8. The number of aryl methyl sites for hydroxylation is 1. The van der Waals surface area contributed by atoms with Crippen LogP contribution in [0.2, 0.25) is 0 Å². The van der Waals surface area contributed by atoms with Crippen LogP contribution in [-0.2, 0) is 14.3 Å². The first-order valence-electron chi connectivity index (χ1n) is 7.85. The van der Waals surface area contributed by atoms with Crippen LogP contribution < -0.4 is 10.1 Å². The van der Waals surface area contributed by atoms with Gasteiger partial charge in [-0.15, -0.1) is 0 Å². The second-order valence-electron chi connectivity index (χ2n) is 5.65. The highest BCUT2D eigenvalue weighted by Crippen LogP contribution is 2.14. The maximum atomic E-state index is 12.9. The number of nitrogens with one attached hydrogen (secondary N) is 1. The summed E-state index contributed by atoms with van der Waals surface area (Å²) in [7, 11) is 0. The van der Waals surface area contributed by atoms with Gasteiger partial charge in [0.2, 0.25) is 0 Å². The minimum atomic E-state index is -0.979. The van der Waals surface area contributed by atoms with Crippen molar-refractivity contribution in [1.82, 2.24) is 0 Å². The van der Waals surface area contributed by atoms with Crippen molar-refractivity contribution in [2.24, 2.45) is 0 Å². The number of esters is 1. The molecule has 132 valence electrons. The number of halogens is 1. The molecule has 2 rings (SSSR count). The molecule has 0 fully saturated rings. The van der Waals surface area contributed by atoms with Crippen molar-refractivity contribution in [2.45, 2.75) is 33.0 Å². The largest absolute Gasteiger partial charge is 0.479 e. The number of hydrogen-bond acceptors (Lipinski definition) is 4. The summed E-state index contributed by atoms with van der Waals surface area (Å²) < 4.78 is 23.3. The van der Waals surface area contributed by atoms with E-state index in [1.54, 1.807) is 12.1 Å². The predicted octanol–water partition coefficient (Wildman–Crippen LogP) is 3.47. The fraction of sp³-hybridized carbons (Fsp3) is 0.263. The standard InChI is InChI=1S/C19H20FNO4/c1-12-4-8-16(9-5-12)21-18(22)13(2)25-19(23)14(3)24-17-10-6-15(20)7-11-17/h4-11,13-14H,1-3H3,(H,21,22)/t13-,14+/m1/s1. The first-order chi connectivity index (χ1) is 11.8. The minimum Gasteiger partial charge on any atom is -0.479 e. The van der Waals surface area contributed by atoms with E-state index in [4.69, 9.17) is 9.47 Å². The van der Waals surface area contributed by atoms with Crippen molar-refractivity contribution in [3.05, 3.63) is 59.9 Å². The zero-order valence-electron chi connectivity index (χ0n) is 14.3. The Morgan fingerprint density at radius 2 is 1.56 bits per heavy atom. The third-order valence-electron chi connectivity index (χ3n) is 3.44. The number of benzene rings is 2. The fourth-order valence-corrected chi connectivity index (χ4v) is 1.97. The highest BCUT2D eigenvalue weighted by molar-refractivity contribution is 5.95. The Hall–Kier alpha value is -2.89. The molecule has 5 nitrogen and oxygen atoms in total. The molecule has 0 saturated heterocycles. The third-order valence-corrected chi connectivity index (χ3v) is 3.44. The summed E-state index contributed by atoms with van der Waals surface area (Å²) in [6.07, 6.45) is -1.91. The summed E-state index contributed by atoms with van der Waals surface area (Å²) in [5.74, 6) is -1.19. The Balaban J connectivity index is 1.86. The Kier molecular flexibility index (Phi) is 6.11. The molecule has 0 aliphatic heterocycles. The molecule has 1 amide bonds. The number of carbonyl (C=O) groups is 2. The van der Waals surface area contributed by atoms with Gasteiger partial charge in [0.25, 0.3) is 5.91 Å². The number of amides is 1. The van der Waals surface area contributed by atoms with Crippen LogP contribution in [0, 0.1) is 12.7 Å². The van der Waals surface area contributed by atoms with Crippen molar-refractivity contribution in [1.29, 1.82) is 0 Å². The molecule has 0 heterocycles. The minimum absolute atomic E-state index is 0.336. The lowest BCUT2D eigenvalue weighted by Crippen LogP contribution is -2.35. The molecule has 0 aliphatic rings. The SMILES string of the molecule is Cc1ccc(NC(=O)[C@@H](C)OC(=O)[C@H](C)Oc2ccc(F)cc2)cc1. The lowest BCUT2D eigenvalue weighted by atomic mass is 10.2. The van der Waals surface area contributed by atoms with E-state index in [-0.39, 0.29) is 0 Å². The van der Waals surface area contributed by atoms with Gasteiger partial charge in [0.05, 0.1) is 0 Å². The first kappa shape index (κ1) is 18.4. The lowest BCUT2D eigenvalue weighted by Gasteiger charge is -2.18. The van der Waals surface area contributed by atoms with E-state index >= 15 is 0 Å². The predicted molar refractivity (Wildman–Crippen MR) is 91.9 cm³/mol. The van der Waals surface area contributed by atoms with Crippen LogP contribution in [0.4, 0.5) is 10.1 Å². The highest BCUT2D eigenvalue weighted by atomic mass is 19.1. The van der Waals surface area contributed by atoms with Crippen LogP contribution in [-0.4, -0.2) is 24.1 Å². The van der Waals surface area contributed by atoms with Crippen LogP contribution in [0.5, 0.6) is 5.75 Å². The van der Waals surface area contributed by atoms with Crippen molar-refractivity contribution in [3.8, 4) is 5.75 Å². The van der Waals surface area contributed by atoms with E-state index in [0.29, 0.717) is 11.4 Å². The molecule has 0 spiro atoms. The fourth-order valence-electron chi connectivity index (χ4n) is 1.97. The van der Waals surface area contributed by atoms with Gasteiger partial charge in [0.15, 0.2) is 12.2 Å². The van der Waals surface area contributed by atoms with Crippen LogP contribution in [0.3, 0.4) is 0 Å². The van der Waals surface area contributed by atoms with Gasteiger partial charge in [-0.2, -0.15) is 0 Å². The zero-order chi connectivity index (χ0) is 18.4. The summed E-state index contributed by atoms with van der Waals surface area (Å²) >= 11 is 0. The topological polar surface area (TPSA) is 64.6 Å². The van der Waals surface area contributed by atoms with Crippen molar-refractivity contribution in [2.75, 3.05) is 5.32 Å². The Morgan fingerprint density at radius 3 is 2.16 bits per heavy atom. The zero-order valence-corrected chi connectivity index (χ0v) is 14.3. The summed E-state index contributed by atoms with van der Waals surface area (Å²) in [5, 5.41) is 2.67. The maximum Gasteiger partial charge on any atom is 0.347 e. The summed E-state index contributed by atoms with van der Waals surface area (Å²) in [5.41, 5.74) is 1.69. The van der Waals surface area contributed by atoms with Crippen molar-refractivity contribution in [3.63, 3.8) is 0 Å². The molecule has 0 aromatic heterocycles. The summed E-state index contributed by atoms with van der Waals surface area (Å²) in [4.78, 5) is 24.1. The number of rotatable bonds is 6. The van der Waals surface area contributed by atoms with E-state index in [9.17, 15) is 14.0 Å². The lowest BCUT2D eigenvalue weighted by molar-refractivity contribution is -0.159. The molecule has 2 aromatic rings. The molecule has 2 atom stereocenters. The Labute approximate surface area is 145 Å². The molecule has 25 heavy (non-hydrogen) atoms. The van der Waals surface area contributed by atoms with Gasteiger partial charge < -0.3 is 14.8 Å². The molecule has 0 unspecified atom stereocenters. The molecule has 0 saturated carbocycles. The van der Waals surface area contributed by atoms with Gasteiger partial charge in [-0.3, -0.25) is 4.79 Å². The average molecular weight is 345 g/mol. The van der Waals surface area contributed by atoms with E-state index in [0.717, 1.165) is 5.56 Å². The molecular weight excluding hydrogens is 325 g/mol. The Bertz CT molecular complexity index is 728. The smallest absolute Gasteiger partial charge is 0.347 e. The molecular formula is C19H20FNO4. The molecule has 6 heteroatoms. The van der Waals surface area contributed by atoms with E-state index in [1.807, 2.05) is 19.1 Å². The monoisotopic (exact) mass is 345 g/mol. The molecule has 1 N–H and O–H groups in total. The number of anilines is 1. The quantitative estimate of drug-likeness (QED) is 0.814. The van der Waals surface area contributed by atoms with E-state index < -0.39 is 29.9 Å². The van der Waals surface area contributed by atoms with Gasteiger partial charge in [0, 0.05) is 5.69 Å². The van der Waals surface area contributed by atoms with E-state index in [1.165, 1.54) is 38.1 Å². The van der Waals surface area contributed by atoms with Crippen molar-refractivity contribution < 1.29 is 23.5 Å². The third kappa shape index (κ3) is 5.60. The van der Waals surface area contributed by atoms with Crippen LogP contribution in [0.15, 0.2) is 48.5 Å². The van der Waals surface area contributed by atoms with Crippen LogP contribution in [0.25, 0.3) is 0 Å². The van der Waals surface area contributed by atoms with Gasteiger partial charge in [-0.1, -0.05) is 17.7 Å². The number of carbonyl (C=O) groups excluding carboxylic acids is 2. The van der Waals surface area contributed by atoms with E-state index in [2.05, 4.69) is 5.32 Å². The molecule has 0 radical (unpaired) electrons. The maximum absolute atomic E-state index is 12.9.